The Morgan fingerprint density at radius 3 is 2.09 bits per heavy atom. The maximum atomic E-state index is 12.4. The molecule has 0 saturated carbocycles. The standard InChI is InChI=1S/C20H26O2/c1-19(2,3)13-14-9-7-11-16-15(14)10-8-12-17(16)18(21)22-20(4,5)6/h7-12H,13H2,1-6H3. The zero-order valence-electron chi connectivity index (χ0n) is 14.5. The Kier molecular flexibility index (Phi) is 4.32. The first-order chi connectivity index (χ1) is 10.1. The van der Waals surface area contributed by atoms with Crippen molar-refractivity contribution in [1.82, 2.24) is 0 Å². The van der Waals surface area contributed by atoms with Gasteiger partial charge >= 0.3 is 5.97 Å². The molecule has 0 unspecified atom stereocenters. The third-order valence-corrected chi connectivity index (χ3v) is 3.35. The first-order valence-corrected chi connectivity index (χ1v) is 7.81. The summed E-state index contributed by atoms with van der Waals surface area (Å²) in [5, 5.41) is 2.11. The summed E-state index contributed by atoms with van der Waals surface area (Å²) < 4.78 is 5.53. The largest absolute Gasteiger partial charge is 0.456 e. The Labute approximate surface area is 133 Å². The van der Waals surface area contributed by atoms with Gasteiger partial charge in [0.15, 0.2) is 0 Å². The van der Waals surface area contributed by atoms with Crippen molar-refractivity contribution in [2.75, 3.05) is 0 Å². The number of ether oxygens (including phenoxy) is 1. The highest BCUT2D eigenvalue weighted by atomic mass is 16.6. The minimum absolute atomic E-state index is 0.205. The van der Waals surface area contributed by atoms with Crippen molar-refractivity contribution in [3.63, 3.8) is 0 Å². The van der Waals surface area contributed by atoms with Crippen molar-refractivity contribution in [2.45, 2.75) is 53.6 Å². The number of hydrogen-bond donors (Lipinski definition) is 0. The molecule has 0 atom stereocenters. The summed E-state index contributed by atoms with van der Waals surface area (Å²) in [6, 6.07) is 12.0. The zero-order chi connectivity index (χ0) is 16.5. The van der Waals surface area contributed by atoms with Gasteiger partial charge in [0, 0.05) is 0 Å². The number of fused-ring (bicyclic) bond motifs is 1. The highest BCUT2D eigenvalue weighted by molar-refractivity contribution is 6.05. The Bertz CT molecular complexity index is 685. The van der Waals surface area contributed by atoms with Gasteiger partial charge in [-0.25, -0.2) is 4.79 Å². The van der Waals surface area contributed by atoms with Crippen LogP contribution in [0.1, 0.15) is 57.5 Å². The fourth-order valence-electron chi connectivity index (χ4n) is 2.61. The van der Waals surface area contributed by atoms with E-state index in [4.69, 9.17) is 4.74 Å². The van der Waals surface area contributed by atoms with E-state index in [2.05, 4.69) is 32.9 Å². The lowest BCUT2D eigenvalue weighted by Crippen LogP contribution is -2.24. The maximum absolute atomic E-state index is 12.4. The van der Waals surface area contributed by atoms with Crippen LogP contribution < -0.4 is 0 Å². The van der Waals surface area contributed by atoms with E-state index in [1.54, 1.807) is 0 Å². The molecule has 0 radical (unpaired) electrons. The molecule has 0 fully saturated rings. The quantitative estimate of drug-likeness (QED) is 0.695. The Balaban J connectivity index is 2.50. The second-order valence-electron chi connectivity index (χ2n) is 8.06. The smallest absolute Gasteiger partial charge is 0.339 e. The summed E-state index contributed by atoms with van der Waals surface area (Å²) in [6.45, 7) is 12.3. The van der Waals surface area contributed by atoms with E-state index in [-0.39, 0.29) is 11.4 Å². The molecule has 2 rings (SSSR count). The summed E-state index contributed by atoms with van der Waals surface area (Å²) in [6.07, 6.45) is 0.974. The van der Waals surface area contributed by atoms with E-state index in [9.17, 15) is 4.79 Å². The van der Waals surface area contributed by atoms with Gasteiger partial charge in [0.2, 0.25) is 0 Å². The van der Waals surface area contributed by atoms with Crippen molar-refractivity contribution in [1.29, 1.82) is 0 Å². The molecule has 0 saturated heterocycles. The molecule has 2 heteroatoms. The lowest BCUT2D eigenvalue weighted by Gasteiger charge is -2.21. The molecule has 0 amide bonds. The van der Waals surface area contributed by atoms with Crippen LogP contribution in [0.5, 0.6) is 0 Å². The van der Waals surface area contributed by atoms with Gasteiger partial charge in [0.05, 0.1) is 5.56 Å². The molecular weight excluding hydrogens is 272 g/mol. The lowest BCUT2D eigenvalue weighted by molar-refractivity contribution is 0.00719. The van der Waals surface area contributed by atoms with E-state index < -0.39 is 5.60 Å². The molecule has 0 aromatic heterocycles. The molecule has 0 aliphatic rings. The van der Waals surface area contributed by atoms with Gasteiger partial charge < -0.3 is 4.74 Å². The molecule has 2 nitrogen and oxygen atoms in total. The van der Waals surface area contributed by atoms with Crippen LogP contribution in [0, 0.1) is 5.41 Å². The molecule has 118 valence electrons. The van der Waals surface area contributed by atoms with Crippen molar-refractivity contribution < 1.29 is 9.53 Å². The van der Waals surface area contributed by atoms with E-state index >= 15 is 0 Å². The van der Waals surface area contributed by atoms with Crippen LogP contribution in [0.15, 0.2) is 36.4 Å². The summed E-state index contributed by atoms with van der Waals surface area (Å²) in [7, 11) is 0. The van der Waals surface area contributed by atoms with Crippen LogP contribution in [0.3, 0.4) is 0 Å². The van der Waals surface area contributed by atoms with E-state index in [1.165, 1.54) is 5.56 Å². The third kappa shape index (κ3) is 4.09. The van der Waals surface area contributed by atoms with Gasteiger partial charge in [0.25, 0.3) is 0 Å². The predicted octanol–water partition coefficient (Wildman–Crippen LogP) is 5.38. The van der Waals surface area contributed by atoms with E-state index in [0.717, 1.165) is 17.2 Å². The molecule has 0 N–H and O–H groups in total. The summed E-state index contributed by atoms with van der Waals surface area (Å²) in [5.74, 6) is -0.258. The Hall–Kier alpha value is -1.83. The molecule has 2 aromatic carbocycles. The lowest BCUT2D eigenvalue weighted by atomic mass is 9.85. The van der Waals surface area contributed by atoms with Crippen LogP contribution in [-0.2, 0) is 11.2 Å². The van der Waals surface area contributed by atoms with Crippen molar-refractivity contribution in [3.05, 3.63) is 47.5 Å². The number of rotatable bonds is 2. The van der Waals surface area contributed by atoms with Gasteiger partial charge in [-0.05, 0) is 55.0 Å². The number of hydrogen-bond acceptors (Lipinski definition) is 2. The third-order valence-electron chi connectivity index (χ3n) is 3.35. The minimum atomic E-state index is -0.484. The summed E-state index contributed by atoms with van der Waals surface area (Å²) in [4.78, 5) is 12.4. The molecule has 0 aliphatic carbocycles. The normalized spacial score (nSPS) is 12.5. The molecule has 0 heterocycles. The van der Waals surface area contributed by atoms with E-state index in [0.29, 0.717) is 5.56 Å². The minimum Gasteiger partial charge on any atom is -0.456 e. The van der Waals surface area contributed by atoms with Crippen LogP contribution in [0.4, 0.5) is 0 Å². The predicted molar refractivity (Wildman–Crippen MR) is 92.3 cm³/mol. The van der Waals surface area contributed by atoms with Crippen molar-refractivity contribution in [3.8, 4) is 0 Å². The zero-order valence-corrected chi connectivity index (χ0v) is 14.5. The van der Waals surface area contributed by atoms with Crippen LogP contribution >= 0.6 is 0 Å². The van der Waals surface area contributed by atoms with Gasteiger partial charge in [-0.1, -0.05) is 51.1 Å². The second-order valence-corrected chi connectivity index (χ2v) is 8.06. The molecule has 22 heavy (non-hydrogen) atoms. The van der Waals surface area contributed by atoms with Crippen LogP contribution in [0.2, 0.25) is 0 Å². The fraction of sp³-hybridized carbons (Fsp3) is 0.450. The summed E-state index contributed by atoms with van der Waals surface area (Å²) in [5.41, 5.74) is 1.64. The monoisotopic (exact) mass is 298 g/mol. The van der Waals surface area contributed by atoms with Gasteiger partial charge in [0.1, 0.15) is 5.60 Å². The van der Waals surface area contributed by atoms with Gasteiger partial charge in [-0.3, -0.25) is 0 Å². The first kappa shape index (κ1) is 16.5. The SMILES string of the molecule is CC(C)(C)Cc1cccc2c(C(=O)OC(C)(C)C)cccc12. The number of carbonyl (C=O) groups excluding carboxylic acids is 1. The average Bonchev–Trinajstić information content (AvgIpc) is 2.34. The fourth-order valence-corrected chi connectivity index (χ4v) is 2.61. The van der Waals surface area contributed by atoms with Gasteiger partial charge in [-0.15, -0.1) is 0 Å². The second kappa shape index (κ2) is 5.75. The molecule has 2 aromatic rings. The Morgan fingerprint density at radius 1 is 0.909 bits per heavy atom. The highest BCUT2D eigenvalue weighted by Crippen LogP contribution is 2.29. The number of carbonyl (C=O) groups is 1. The molecule has 0 spiro atoms. The molecule has 0 bridgehead atoms. The highest BCUT2D eigenvalue weighted by Gasteiger charge is 2.20. The average molecular weight is 298 g/mol. The van der Waals surface area contributed by atoms with Gasteiger partial charge in [-0.2, -0.15) is 0 Å². The first-order valence-electron chi connectivity index (χ1n) is 7.81. The molecular formula is C20H26O2. The Morgan fingerprint density at radius 2 is 1.50 bits per heavy atom. The van der Waals surface area contributed by atoms with E-state index in [1.807, 2.05) is 45.0 Å². The molecule has 0 aliphatic heterocycles. The van der Waals surface area contributed by atoms with Crippen molar-refractivity contribution >= 4 is 16.7 Å². The van der Waals surface area contributed by atoms with Crippen molar-refractivity contribution in [2.24, 2.45) is 5.41 Å². The number of benzene rings is 2. The summed E-state index contributed by atoms with van der Waals surface area (Å²) >= 11 is 0. The maximum Gasteiger partial charge on any atom is 0.339 e. The van der Waals surface area contributed by atoms with Crippen LogP contribution in [-0.4, -0.2) is 11.6 Å². The topological polar surface area (TPSA) is 26.3 Å². The van der Waals surface area contributed by atoms with Crippen LogP contribution in [0.25, 0.3) is 10.8 Å². The number of esters is 1.